The summed E-state index contributed by atoms with van der Waals surface area (Å²) in [6.07, 6.45) is 0.760. The van der Waals surface area contributed by atoms with E-state index in [4.69, 9.17) is 9.84 Å². The molecule has 0 radical (unpaired) electrons. The van der Waals surface area contributed by atoms with E-state index in [1.54, 1.807) is 6.07 Å². The summed E-state index contributed by atoms with van der Waals surface area (Å²) in [5.41, 5.74) is 2.01. The number of methoxy groups -OCH3 is 1. The molecule has 0 aromatic heterocycles. The Morgan fingerprint density at radius 1 is 1.41 bits per heavy atom. The van der Waals surface area contributed by atoms with Gasteiger partial charge in [0, 0.05) is 24.8 Å². The largest absolute Gasteiger partial charge is 0.496 e. The van der Waals surface area contributed by atoms with Gasteiger partial charge in [-0.2, -0.15) is 0 Å². The van der Waals surface area contributed by atoms with Gasteiger partial charge < -0.3 is 14.7 Å². The highest BCUT2D eigenvalue weighted by Gasteiger charge is 2.27. The topological polar surface area (TPSA) is 66.8 Å². The van der Waals surface area contributed by atoms with Crippen LogP contribution in [0, 0.1) is 0 Å². The number of rotatable bonds is 3. The van der Waals surface area contributed by atoms with Crippen molar-refractivity contribution in [2.75, 3.05) is 25.6 Å². The minimum atomic E-state index is -1.46. The number of nitrogens with zero attached hydrogens (tertiary/aromatic N) is 1. The SMILES string of the molecule is COc1c(C(=O)C(=O)O)ccc2c1CCN2C. The highest BCUT2D eigenvalue weighted by Crippen LogP contribution is 2.37. The molecular formula is C12H13NO4. The van der Waals surface area contributed by atoms with Crippen molar-refractivity contribution in [2.24, 2.45) is 0 Å². The van der Waals surface area contributed by atoms with E-state index in [1.807, 2.05) is 11.9 Å². The fraction of sp³-hybridized carbons (Fsp3) is 0.333. The first-order valence-electron chi connectivity index (χ1n) is 5.25. The van der Waals surface area contributed by atoms with Crippen LogP contribution in [-0.2, 0) is 11.2 Å². The molecule has 1 aromatic carbocycles. The number of carboxylic acid groups (broad SMARTS) is 1. The lowest BCUT2D eigenvalue weighted by Gasteiger charge is -2.14. The molecule has 0 atom stereocenters. The van der Waals surface area contributed by atoms with Gasteiger partial charge in [0.25, 0.3) is 5.78 Å². The summed E-state index contributed by atoms with van der Waals surface area (Å²) in [5.74, 6) is -2.01. The van der Waals surface area contributed by atoms with E-state index in [2.05, 4.69) is 0 Å². The minimum Gasteiger partial charge on any atom is -0.496 e. The van der Waals surface area contributed by atoms with Crippen LogP contribution in [0.25, 0.3) is 0 Å². The number of Topliss-reactive ketones (excluding diaryl/α,β-unsaturated/α-hetero) is 1. The van der Waals surface area contributed by atoms with E-state index in [0.717, 1.165) is 24.2 Å². The molecule has 0 spiro atoms. The van der Waals surface area contributed by atoms with Crippen molar-refractivity contribution in [3.8, 4) is 5.75 Å². The summed E-state index contributed by atoms with van der Waals surface area (Å²) in [5, 5.41) is 8.74. The van der Waals surface area contributed by atoms with Crippen molar-refractivity contribution in [3.63, 3.8) is 0 Å². The molecule has 1 heterocycles. The number of fused-ring (bicyclic) bond motifs is 1. The molecule has 1 N–H and O–H groups in total. The van der Waals surface area contributed by atoms with Gasteiger partial charge in [-0.1, -0.05) is 0 Å². The molecule has 17 heavy (non-hydrogen) atoms. The van der Waals surface area contributed by atoms with E-state index in [1.165, 1.54) is 13.2 Å². The van der Waals surface area contributed by atoms with Gasteiger partial charge in [-0.15, -0.1) is 0 Å². The zero-order valence-electron chi connectivity index (χ0n) is 9.69. The van der Waals surface area contributed by atoms with Crippen LogP contribution < -0.4 is 9.64 Å². The Labute approximate surface area is 98.6 Å². The molecule has 0 aliphatic carbocycles. The number of ether oxygens (including phenoxy) is 1. The van der Waals surface area contributed by atoms with Gasteiger partial charge in [0.1, 0.15) is 5.75 Å². The van der Waals surface area contributed by atoms with Gasteiger partial charge in [-0.25, -0.2) is 4.79 Å². The predicted octanol–water partition coefficient (Wildman–Crippen LogP) is 0.955. The fourth-order valence-corrected chi connectivity index (χ4v) is 2.14. The number of aliphatic carboxylic acids is 1. The Hall–Kier alpha value is -2.04. The predicted molar refractivity (Wildman–Crippen MR) is 61.9 cm³/mol. The average molecular weight is 235 g/mol. The summed E-state index contributed by atoms with van der Waals surface area (Å²) in [6.45, 7) is 0.844. The smallest absolute Gasteiger partial charge is 0.377 e. The third-order valence-electron chi connectivity index (χ3n) is 2.99. The maximum atomic E-state index is 11.5. The summed E-state index contributed by atoms with van der Waals surface area (Å²) in [4.78, 5) is 24.3. The molecule has 0 bridgehead atoms. The summed E-state index contributed by atoms with van der Waals surface area (Å²) >= 11 is 0. The Morgan fingerprint density at radius 2 is 2.12 bits per heavy atom. The molecule has 90 valence electrons. The molecule has 0 saturated heterocycles. The van der Waals surface area contributed by atoms with Gasteiger partial charge >= 0.3 is 5.97 Å². The van der Waals surface area contributed by atoms with Crippen molar-refractivity contribution < 1.29 is 19.4 Å². The van der Waals surface area contributed by atoms with Crippen LogP contribution >= 0.6 is 0 Å². The first-order valence-corrected chi connectivity index (χ1v) is 5.25. The number of anilines is 1. The average Bonchev–Trinajstić information content (AvgIpc) is 2.69. The first-order chi connectivity index (χ1) is 8.06. The second kappa shape index (κ2) is 4.08. The van der Waals surface area contributed by atoms with Crippen molar-refractivity contribution in [1.82, 2.24) is 0 Å². The standard InChI is InChI=1S/C12H13NO4/c1-13-6-5-7-9(13)4-3-8(11(7)17-2)10(14)12(15)16/h3-4H,5-6H2,1-2H3,(H,15,16). The number of hydrogen-bond acceptors (Lipinski definition) is 4. The van der Waals surface area contributed by atoms with E-state index >= 15 is 0 Å². The molecule has 5 heteroatoms. The number of likely N-dealkylation sites (N-methyl/N-ethyl adjacent to an activating group) is 1. The number of carbonyl (C=O) groups excluding carboxylic acids is 1. The van der Waals surface area contributed by atoms with Crippen LogP contribution in [-0.4, -0.2) is 37.6 Å². The number of ketones is 1. The van der Waals surface area contributed by atoms with E-state index < -0.39 is 11.8 Å². The molecule has 0 saturated carbocycles. The Kier molecular flexibility index (Phi) is 2.75. The van der Waals surface area contributed by atoms with E-state index in [9.17, 15) is 9.59 Å². The normalized spacial score (nSPS) is 13.4. The lowest BCUT2D eigenvalue weighted by molar-refractivity contribution is -0.131. The van der Waals surface area contributed by atoms with Gasteiger partial charge in [-0.05, 0) is 18.6 Å². The van der Waals surface area contributed by atoms with Crippen LogP contribution in [0.1, 0.15) is 15.9 Å². The fourth-order valence-electron chi connectivity index (χ4n) is 2.14. The molecule has 2 rings (SSSR count). The summed E-state index contributed by atoms with van der Waals surface area (Å²) in [6, 6.07) is 3.27. The van der Waals surface area contributed by atoms with Gasteiger partial charge in [0.15, 0.2) is 0 Å². The van der Waals surface area contributed by atoms with Crippen molar-refractivity contribution in [2.45, 2.75) is 6.42 Å². The van der Waals surface area contributed by atoms with Crippen LogP contribution in [0.5, 0.6) is 5.75 Å². The van der Waals surface area contributed by atoms with Crippen LogP contribution in [0.3, 0.4) is 0 Å². The molecule has 1 aliphatic rings. The molecule has 0 fully saturated rings. The Morgan fingerprint density at radius 3 is 2.71 bits per heavy atom. The Balaban J connectivity index is 2.57. The zero-order chi connectivity index (χ0) is 12.6. The van der Waals surface area contributed by atoms with Gasteiger partial charge in [-0.3, -0.25) is 4.79 Å². The molecule has 1 aliphatic heterocycles. The van der Waals surface area contributed by atoms with Crippen molar-refractivity contribution >= 4 is 17.4 Å². The second-order valence-electron chi connectivity index (χ2n) is 3.95. The molecule has 5 nitrogen and oxygen atoms in total. The maximum absolute atomic E-state index is 11.5. The van der Waals surface area contributed by atoms with Crippen LogP contribution in [0.15, 0.2) is 12.1 Å². The van der Waals surface area contributed by atoms with Gasteiger partial charge in [0.2, 0.25) is 0 Å². The molecule has 0 unspecified atom stereocenters. The number of benzene rings is 1. The number of carbonyl (C=O) groups is 2. The third-order valence-corrected chi connectivity index (χ3v) is 2.99. The zero-order valence-corrected chi connectivity index (χ0v) is 9.69. The number of hydrogen-bond donors (Lipinski definition) is 1. The van der Waals surface area contributed by atoms with E-state index in [0.29, 0.717) is 5.75 Å². The van der Waals surface area contributed by atoms with Crippen LogP contribution in [0.4, 0.5) is 5.69 Å². The molecule has 0 amide bonds. The van der Waals surface area contributed by atoms with Crippen molar-refractivity contribution in [3.05, 3.63) is 23.3 Å². The first kappa shape index (κ1) is 11.4. The highest BCUT2D eigenvalue weighted by atomic mass is 16.5. The van der Waals surface area contributed by atoms with Gasteiger partial charge in [0.05, 0.1) is 12.7 Å². The second-order valence-corrected chi connectivity index (χ2v) is 3.95. The highest BCUT2D eigenvalue weighted by molar-refractivity contribution is 6.40. The van der Waals surface area contributed by atoms with E-state index in [-0.39, 0.29) is 5.56 Å². The lowest BCUT2D eigenvalue weighted by atomic mass is 10.0. The monoisotopic (exact) mass is 235 g/mol. The quantitative estimate of drug-likeness (QED) is 0.624. The molecule has 1 aromatic rings. The number of carboxylic acids is 1. The summed E-state index contributed by atoms with van der Waals surface area (Å²) in [7, 11) is 3.40. The minimum absolute atomic E-state index is 0.119. The maximum Gasteiger partial charge on any atom is 0.377 e. The lowest BCUT2D eigenvalue weighted by Crippen LogP contribution is -2.15. The third kappa shape index (κ3) is 1.73. The Bertz CT molecular complexity index is 496. The van der Waals surface area contributed by atoms with Crippen molar-refractivity contribution in [1.29, 1.82) is 0 Å². The van der Waals surface area contributed by atoms with Crippen LogP contribution in [0.2, 0.25) is 0 Å². The molecular weight excluding hydrogens is 222 g/mol. The summed E-state index contributed by atoms with van der Waals surface area (Å²) < 4.78 is 5.20.